The molecule has 0 atom stereocenters. The number of sulfonamides is 1. The van der Waals surface area contributed by atoms with Crippen molar-refractivity contribution in [2.45, 2.75) is 17.4 Å². The Labute approximate surface area is 121 Å². The summed E-state index contributed by atoms with van der Waals surface area (Å²) in [6, 6.07) is 8.81. The number of hydrogen-bond acceptors (Lipinski definition) is 5. The largest absolute Gasteiger partial charge is 0.500 e. The maximum absolute atomic E-state index is 12.0. The zero-order chi connectivity index (χ0) is 15.1. The Balaban J connectivity index is 2.49. The molecule has 1 aromatic carbocycles. The van der Waals surface area contributed by atoms with Crippen molar-refractivity contribution in [3.8, 4) is 0 Å². The van der Waals surface area contributed by atoms with Crippen molar-refractivity contribution < 1.29 is 21.7 Å². The number of benzene rings is 1. The number of rotatable bonds is 9. The second-order valence-electron chi connectivity index (χ2n) is 4.11. The van der Waals surface area contributed by atoms with Crippen molar-refractivity contribution in [1.29, 1.82) is 0 Å². The van der Waals surface area contributed by atoms with E-state index in [4.69, 9.17) is 13.3 Å². The van der Waals surface area contributed by atoms with E-state index in [0.29, 0.717) is 19.0 Å². The van der Waals surface area contributed by atoms with Crippen LogP contribution in [-0.2, 0) is 23.3 Å². The van der Waals surface area contributed by atoms with Gasteiger partial charge in [0, 0.05) is 33.9 Å². The molecule has 0 saturated carbocycles. The van der Waals surface area contributed by atoms with Gasteiger partial charge in [0.2, 0.25) is 10.0 Å². The molecule has 0 fully saturated rings. The molecule has 0 bridgehead atoms. The molecule has 1 N–H and O–H groups in total. The Hall–Kier alpha value is -0.773. The van der Waals surface area contributed by atoms with E-state index in [1.807, 2.05) is 0 Å². The lowest BCUT2D eigenvalue weighted by atomic mass is 10.4. The Morgan fingerprint density at radius 3 is 2.10 bits per heavy atom. The van der Waals surface area contributed by atoms with Crippen LogP contribution in [0.2, 0.25) is 6.04 Å². The monoisotopic (exact) mass is 319 g/mol. The fourth-order valence-corrected chi connectivity index (χ4v) is 4.57. The normalized spacial score (nSPS) is 12.6. The minimum Gasteiger partial charge on any atom is -0.377 e. The molecule has 114 valence electrons. The molecule has 1 rings (SSSR count). The van der Waals surface area contributed by atoms with Gasteiger partial charge < -0.3 is 13.3 Å². The fourth-order valence-electron chi connectivity index (χ4n) is 1.75. The van der Waals surface area contributed by atoms with Gasteiger partial charge in [-0.1, -0.05) is 18.2 Å². The van der Waals surface area contributed by atoms with Gasteiger partial charge in [0.05, 0.1) is 4.90 Å². The highest BCUT2D eigenvalue weighted by molar-refractivity contribution is 7.89. The van der Waals surface area contributed by atoms with E-state index < -0.39 is 18.8 Å². The van der Waals surface area contributed by atoms with Crippen molar-refractivity contribution in [2.24, 2.45) is 0 Å². The van der Waals surface area contributed by atoms with Crippen LogP contribution in [0, 0.1) is 0 Å². The molecule has 0 aliphatic rings. The van der Waals surface area contributed by atoms with Gasteiger partial charge in [0.25, 0.3) is 0 Å². The third-order valence-electron chi connectivity index (χ3n) is 2.94. The Kier molecular flexibility index (Phi) is 6.79. The van der Waals surface area contributed by atoms with Crippen LogP contribution in [0.25, 0.3) is 0 Å². The Bertz CT molecular complexity index is 482. The summed E-state index contributed by atoms with van der Waals surface area (Å²) in [5.74, 6) is 0. The molecule has 1 aromatic rings. The minimum absolute atomic E-state index is 0.258. The van der Waals surface area contributed by atoms with E-state index >= 15 is 0 Å². The topological polar surface area (TPSA) is 73.9 Å². The summed E-state index contributed by atoms with van der Waals surface area (Å²) in [5.41, 5.74) is 0. The smallest absolute Gasteiger partial charge is 0.377 e. The average Bonchev–Trinajstić information content (AvgIpc) is 2.49. The minimum atomic E-state index is -3.46. The molecule has 0 heterocycles. The van der Waals surface area contributed by atoms with Crippen LogP contribution in [0.1, 0.15) is 6.42 Å². The van der Waals surface area contributed by atoms with Crippen LogP contribution in [-0.4, -0.2) is 45.1 Å². The lowest BCUT2D eigenvalue weighted by Gasteiger charge is -2.24. The fraction of sp³-hybridized carbons (Fsp3) is 0.500. The highest BCUT2D eigenvalue weighted by Crippen LogP contribution is 2.15. The molecule has 0 aliphatic heterocycles. The van der Waals surface area contributed by atoms with Gasteiger partial charge in [-0.05, 0) is 18.6 Å². The molecule has 6 nitrogen and oxygen atoms in total. The first-order valence-corrected chi connectivity index (χ1v) is 9.61. The van der Waals surface area contributed by atoms with Crippen molar-refractivity contribution in [3.05, 3.63) is 30.3 Å². The molecule has 0 saturated heterocycles. The second-order valence-corrected chi connectivity index (χ2v) is 8.97. The van der Waals surface area contributed by atoms with Gasteiger partial charge in [0.15, 0.2) is 0 Å². The first kappa shape index (κ1) is 17.3. The van der Waals surface area contributed by atoms with E-state index in [1.54, 1.807) is 30.3 Å². The highest BCUT2D eigenvalue weighted by Gasteiger charge is 2.36. The van der Waals surface area contributed by atoms with E-state index in [9.17, 15) is 8.42 Å². The Morgan fingerprint density at radius 2 is 1.60 bits per heavy atom. The van der Waals surface area contributed by atoms with E-state index in [2.05, 4.69) is 4.72 Å². The third-order valence-corrected chi connectivity index (χ3v) is 7.25. The maximum Gasteiger partial charge on any atom is 0.500 e. The summed E-state index contributed by atoms with van der Waals surface area (Å²) in [6.07, 6.45) is 0.577. The number of nitrogens with one attached hydrogen (secondary N) is 1. The van der Waals surface area contributed by atoms with Crippen LogP contribution < -0.4 is 4.72 Å². The van der Waals surface area contributed by atoms with Crippen LogP contribution >= 0.6 is 0 Å². The van der Waals surface area contributed by atoms with Gasteiger partial charge in [-0.25, -0.2) is 13.1 Å². The van der Waals surface area contributed by atoms with E-state index in [1.165, 1.54) is 21.3 Å². The summed E-state index contributed by atoms with van der Waals surface area (Å²) >= 11 is 0. The Morgan fingerprint density at radius 1 is 1.05 bits per heavy atom. The molecule has 0 spiro atoms. The van der Waals surface area contributed by atoms with E-state index in [0.717, 1.165) is 0 Å². The van der Waals surface area contributed by atoms with Crippen molar-refractivity contribution in [2.75, 3.05) is 27.9 Å². The summed E-state index contributed by atoms with van der Waals surface area (Å²) in [4.78, 5) is 0.258. The summed E-state index contributed by atoms with van der Waals surface area (Å²) in [7, 11) is -1.48. The number of hydrogen-bond donors (Lipinski definition) is 1. The SMILES string of the molecule is CO[Si](CCCNS(=O)(=O)c1ccccc1)(OC)OC. The summed E-state index contributed by atoms with van der Waals surface area (Å²) < 4.78 is 42.3. The van der Waals surface area contributed by atoms with Crippen molar-refractivity contribution >= 4 is 18.8 Å². The maximum atomic E-state index is 12.0. The molecule has 0 unspecified atom stereocenters. The predicted octanol–water partition coefficient (Wildman–Crippen LogP) is 1.23. The van der Waals surface area contributed by atoms with Gasteiger partial charge in [-0.2, -0.15) is 0 Å². The molecule has 8 heteroatoms. The van der Waals surface area contributed by atoms with E-state index in [-0.39, 0.29) is 4.90 Å². The zero-order valence-electron chi connectivity index (χ0n) is 12.0. The van der Waals surface area contributed by atoms with Gasteiger partial charge >= 0.3 is 8.80 Å². The predicted molar refractivity (Wildman–Crippen MR) is 77.8 cm³/mol. The van der Waals surface area contributed by atoms with Crippen LogP contribution in [0.15, 0.2) is 35.2 Å². The summed E-state index contributed by atoms with van der Waals surface area (Å²) in [6.45, 7) is 0.308. The molecule has 0 amide bonds. The quantitative estimate of drug-likeness (QED) is 0.547. The molecular formula is C12H21NO5SSi. The average molecular weight is 319 g/mol. The first-order chi connectivity index (χ1) is 9.49. The molecule has 0 radical (unpaired) electrons. The second kappa shape index (κ2) is 7.86. The van der Waals surface area contributed by atoms with Crippen LogP contribution in [0.5, 0.6) is 0 Å². The van der Waals surface area contributed by atoms with Crippen LogP contribution in [0.4, 0.5) is 0 Å². The standard InChI is InChI=1S/C12H21NO5SSi/c1-16-20(17-2,18-3)11-7-10-13-19(14,15)12-8-5-4-6-9-12/h4-6,8-9,13H,7,10-11H2,1-3H3. The lowest BCUT2D eigenvalue weighted by molar-refractivity contribution is 0.123. The summed E-state index contributed by atoms with van der Waals surface area (Å²) in [5, 5.41) is 0. The van der Waals surface area contributed by atoms with Crippen LogP contribution in [0.3, 0.4) is 0 Å². The molecule has 0 aliphatic carbocycles. The highest BCUT2D eigenvalue weighted by atomic mass is 32.2. The lowest BCUT2D eigenvalue weighted by Crippen LogP contribution is -2.43. The molecule has 0 aromatic heterocycles. The van der Waals surface area contributed by atoms with Gasteiger partial charge in [-0.3, -0.25) is 0 Å². The third kappa shape index (κ3) is 4.65. The van der Waals surface area contributed by atoms with Crippen molar-refractivity contribution in [1.82, 2.24) is 4.72 Å². The molecule has 20 heavy (non-hydrogen) atoms. The zero-order valence-corrected chi connectivity index (χ0v) is 13.8. The first-order valence-electron chi connectivity index (χ1n) is 6.20. The van der Waals surface area contributed by atoms with Gasteiger partial charge in [-0.15, -0.1) is 0 Å². The molecular weight excluding hydrogens is 298 g/mol. The van der Waals surface area contributed by atoms with Crippen molar-refractivity contribution in [3.63, 3.8) is 0 Å². The van der Waals surface area contributed by atoms with Gasteiger partial charge in [0.1, 0.15) is 0 Å².